The first-order valence-corrected chi connectivity index (χ1v) is 10.9. The van der Waals surface area contributed by atoms with Crippen molar-refractivity contribution < 1.29 is 10.0 Å². The maximum absolute atomic E-state index is 11.0. The smallest absolute Gasteiger partial charge is 0.274 e. The van der Waals surface area contributed by atoms with Crippen molar-refractivity contribution in [3.05, 3.63) is 110 Å². The molecule has 0 aliphatic rings. The maximum Gasteiger partial charge on any atom is 0.274 e. The van der Waals surface area contributed by atoms with Crippen LogP contribution in [0.3, 0.4) is 0 Å². The fraction of sp³-hybridized carbons (Fsp3) is 0.174. The highest BCUT2D eigenvalue weighted by Gasteiger charge is 2.08. The second kappa shape index (κ2) is 12.2. The first-order valence-electron chi connectivity index (χ1n) is 10.1. The Hall–Kier alpha value is -3.17. The Bertz CT molecular complexity index is 1070. The van der Waals surface area contributed by atoms with Crippen molar-refractivity contribution in [3.63, 3.8) is 0 Å². The molecule has 1 atom stereocenters. The monoisotopic (exact) mass is 487 g/mol. The molecule has 8 nitrogen and oxygen atoms in total. The molecule has 0 bridgehead atoms. The summed E-state index contributed by atoms with van der Waals surface area (Å²) < 4.78 is 0. The van der Waals surface area contributed by atoms with Gasteiger partial charge in [0.05, 0.1) is 11.0 Å². The summed E-state index contributed by atoms with van der Waals surface area (Å²) in [7, 11) is 0. The summed E-state index contributed by atoms with van der Waals surface area (Å²) >= 11 is 12.0. The van der Waals surface area contributed by atoms with E-state index in [0.717, 1.165) is 23.7 Å². The number of nitrogens with zero attached hydrogens (tertiary/aromatic N) is 2. The van der Waals surface area contributed by atoms with Crippen LogP contribution in [0.5, 0.6) is 0 Å². The van der Waals surface area contributed by atoms with E-state index in [1.165, 1.54) is 0 Å². The van der Waals surface area contributed by atoms with Gasteiger partial charge < -0.3 is 21.1 Å². The summed E-state index contributed by atoms with van der Waals surface area (Å²) in [6.07, 6.45) is 4.30. The van der Waals surface area contributed by atoms with E-state index in [1.54, 1.807) is 36.7 Å². The van der Waals surface area contributed by atoms with Crippen LogP contribution >= 0.6 is 23.2 Å². The van der Waals surface area contributed by atoms with Crippen molar-refractivity contribution in [2.75, 3.05) is 23.7 Å². The third kappa shape index (κ3) is 8.36. The molecule has 172 valence electrons. The average molecular weight is 488 g/mol. The predicted octanol–water partition coefficient (Wildman–Crippen LogP) is 4.85. The van der Waals surface area contributed by atoms with Crippen molar-refractivity contribution >= 4 is 34.6 Å². The molecule has 33 heavy (non-hydrogen) atoms. The Morgan fingerprint density at radius 2 is 1.79 bits per heavy atom. The molecule has 4 N–H and O–H groups in total. The number of aromatic nitrogens is 1. The fourth-order valence-corrected chi connectivity index (χ4v) is 3.58. The predicted molar refractivity (Wildman–Crippen MR) is 131 cm³/mol. The van der Waals surface area contributed by atoms with Crippen LogP contribution in [0.4, 0.5) is 11.4 Å². The van der Waals surface area contributed by atoms with Gasteiger partial charge in [-0.3, -0.25) is 15.1 Å². The van der Waals surface area contributed by atoms with Crippen molar-refractivity contribution in [1.29, 1.82) is 0 Å². The van der Waals surface area contributed by atoms with Gasteiger partial charge in [0.15, 0.2) is 5.82 Å². The quantitative estimate of drug-likeness (QED) is 0.173. The zero-order valence-corrected chi connectivity index (χ0v) is 19.1. The summed E-state index contributed by atoms with van der Waals surface area (Å²) in [6.45, 7) is 1.12. The first kappa shape index (κ1) is 24.5. The van der Waals surface area contributed by atoms with Gasteiger partial charge in [-0.2, -0.15) is 0 Å². The molecule has 3 aromatic rings. The van der Waals surface area contributed by atoms with Crippen LogP contribution in [0.15, 0.2) is 79.0 Å². The second-order valence-corrected chi connectivity index (χ2v) is 8.06. The molecular weight excluding hydrogens is 465 g/mol. The van der Waals surface area contributed by atoms with Gasteiger partial charge in [0.1, 0.15) is 0 Å². The largest absolute Gasteiger partial charge is 0.387 e. The highest BCUT2D eigenvalue weighted by molar-refractivity contribution is 6.35. The van der Waals surface area contributed by atoms with E-state index >= 15 is 0 Å². The maximum atomic E-state index is 11.0. The number of nitrogens with one attached hydrogen (secondary N) is 3. The number of pyridine rings is 1. The zero-order valence-electron chi connectivity index (χ0n) is 17.5. The van der Waals surface area contributed by atoms with E-state index in [-0.39, 0.29) is 5.82 Å². The Morgan fingerprint density at radius 3 is 2.42 bits per heavy atom. The van der Waals surface area contributed by atoms with Gasteiger partial charge in [-0.25, -0.2) is 0 Å². The molecule has 1 aromatic heterocycles. The summed E-state index contributed by atoms with van der Waals surface area (Å²) in [5.41, 5.74) is 3.04. The number of nitro groups is 1. The number of hydrogen-bond acceptors (Lipinski definition) is 7. The molecule has 0 spiro atoms. The van der Waals surface area contributed by atoms with Crippen molar-refractivity contribution in [2.24, 2.45) is 0 Å². The molecule has 0 aliphatic carbocycles. The molecular formula is C23H23Cl2N5O3. The van der Waals surface area contributed by atoms with Crippen LogP contribution in [0.1, 0.15) is 17.2 Å². The minimum absolute atomic E-state index is 0.164. The Balaban J connectivity index is 1.52. The molecule has 3 rings (SSSR count). The van der Waals surface area contributed by atoms with E-state index in [0.29, 0.717) is 34.5 Å². The average Bonchev–Trinajstić information content (AvgIpc) is 2.77. The Morgan fingerprint density at radius 1 is 1.09 bits per heavy atom. The Kier molecular flexibility index (Phi) is 9.03. The first-order chi connectivity index (χ1) is 15.9. The van der Waals surface area contributed by atoms with Gasteiger partial charge in [0, 0.05) is 45.9 Å². The molecule has 0 saturated carbocycles. The summed E-state index contributed by atoms with van der Waals surface area (Å²) in [5.74, 6) is 0.164. The number of anilines is 2. The van der Waals surface area contributed by atoms with E-state index in [4.69, 9.17) is 23.2 Å². The number of hydrogen-bond donors (Lipinski definition) is 4. The highest BCUT2D eigenvalue weighted by atomic mass is 35.5. The third-order valence-corrected chi connectivity index (χ3v) is 5.04. The van der Waals surface area contributed by atoms with E-state index in [1.807, 2.05) is 30.3 Å². The standard InChI is InChI=1S/C23H23Cl2N5O3/c24-18-10-19(25)12-21(11-18)29-23(15-30(32)33)28-20-5-3-16(4-6-20)7-9-27-14-22(31)17-2-1-8-26-13-17/h1-6,8,10-13,15,22,27-29,31H,7,9,14H2/b23-15-/t22-/m0/s1. The summed E-state index contributed by atoms with van der Waals surface area (Å²) in [6, 6.07) is 16.0. The van der Waals surface area contributed by atoms with Crippen LogP contribution in [-0.2, 0) is 6.42 Å². The van der Waals surface area contributed by atoms with Gasteiger partial charge in [-0.15, -0.1) is 0 Å². The Labute approximate surface area is 201 Å². The van der Waals surface area contributed by atoms with E-state index in [2.05, 4.69) is 20.9 Å². The van der Waals surface area contributed by atoms with Gasteiger partial charge in [-0.05, 0) is 54.9 Å². The van der Waals surface area contributed by atoms with Crippen molar-refractivity contribution in [3.8, 4) is 0 Å². The minimum atomic E-state index is -0.612. The highest BCUT2D eigenvalue weighted by Crippen LogP contribution is 2.24. The molecule has 0 fully saturated rings. The molecule has 0 radical (unpaired) electrons. The number of rotatable bonds is 11. The van der Waals surface area contributed by atoms with Gasteiger partial charge in [-0.1, -0.05) is 41.4 Å². The normalized spacial score (nSPS) is 12.3. The lowest BCUT2D eigenvalue weighted by Crippen LogP contribution is -2.23. The number of aliphatic hydroxyl groups excluding tert-OH is 1. The van der Waals surface area contributed by atoms with Gasteiger partial charge in [0.25, 0.3) is 6.20 Å². The van der Waals surface area contributed by atoms with E-state index in [9.17, 15) is 15.2 Å². The fourth-order valence-electron chi connectivity index (χ4n) is 3.06. The molecule has 10 heteroatoms. The minimum Gasteiger partial charge on any atom is -0.387 e. The lowest BCUT2D eigenvalue weighted by atomic mass is 10.1. The molecule has 0 saturated heterocycles. The lowest BCUT2D eigenvalue weighted by molar-refractivity contribution is -0.403. The number of halogens is 2. The molecule has 0 amide bonds. The molecule has 1 heterocycles. The van der Waals surface area contributed by atoms with Crippen molar-refractivity contribution in [1.82, 2.24) is 10.3 Å². The van der Waals surface area contributed by atoms with Crippen molar-refractivity contribution in [2.45, 2.75) is 12.5 Å². The van der Waals surface area contributed by atoms with E-state index < -0.39 is 11.0 Å². The number of aliphatic hydroxyl groups is 1. The third-order valence-electron chi connectivity index (χ3n) is 4.61. The van der Waals surface area contributed by atoms with Crippen LogP contribution in [-0.4, -0.2) is 28.1 Å². The molecule has 0 unspecified atom stereocenters. The molecule has 2 aromatic carbocycles. The zero-order chi connectivity index (χ0) is 23.6. The summed E-state index contributed by atoms with van der Waals surface area (Å²) in [4.78, 5) is 14.5. The number of benzene rings is 2. The van der Waals surface area contributed by atoms with Crippen LogP contribution in [0, 0.1) is 10.1 Å². The summed E-state index contributed by atoms with van der Waals surface area (Å²) in [5, 5.41) is 31.2. The van der Waals surface area contributed by atoms with Gasteiger partial charge in [0.2, 0.25) is 0 Å². The second-order valence-electron chi connectivity index (χ2n) is 7.19. The topological polar surface area (TPSA) is 112 Å². The van der Waals surface area contributed by atoms with Gasteiger partial charge >= 0.3 is 0 Å². The van der Waals surface area contributed by atoms with Crippen LogP contribution < -0.4 is 16.0 Å². The van der Waals surface area contributed by atoms with Crippen LogP contribution in [0.2, 0.25) is 10.0 Å². The lowest BCUT2D eigenvalue weighted by Gasteiger charge is -2.13. The SMILES string of the molecule is O=[N+]([O-])/C=C(/Nc1ccc(CCNC[C@H](O)c2cccnc2)cc1)Nc1cc(Cl)cc(Cl)c1. The van der Waals surface area contributed by atoms with Crippen LogP contribution in [0.25, 0.3) is 0 Å². The molecule has 0 aliphatic heterocycles.